The van der Waals surface area contributed by atoms with Crippen molar-refractivity contribution >= 4 is 23.5 Å². The SMILES string of the molecule is O=C(Cc1ccc(F)cc1F)Nc1ccc(-c2ccc(C(=O)N3CCC[C@H]3C(=O)O)cc2)cc1. The Hall–Kier alpha value is -4.07. The van der Waals surface area contributed by atoms with Crippen molar-refractivity contribution in [3.8, 4) is 11.1 Å². The van der Waals surface area contributed by atoms with Crippen LogP contribution in [0.3, 0.4) is 0 Å². The van der Waals surface area contributed by atoms with Gasteiger partial charge < -0.3 is 15.3 Å². The quantitative estimate of drug-likeness (QED) is 0.562. The highest BCUT2D eigenvalue weighted by Gasteiger charge is 2.34. The van der Waals surface area contributed by atoms with Crippen LogP contribution in [-0.4, -0.2) is 40.4 Å². The second-order valence-corrected chi connectivity index (χ2v) is 8.11. The van der Waals surface area contributed by atoms with E-state index in [0.29, 0.717) is 30.6 Å². The average Bonchev–Trinajstić information content (AvgIpc) is 3.32. The molecule has 8 heteroatoms. The molecule has 0 radical (unpaired) electrons. The molecule has 2 amide bonds. The second kappa shape index (κ2) is 9.82. The molecule has 1 atom stereocenters. The molecule has 1 saturated heterocycles. The Labute approximate surface area is 194 Å². The molecule has 4 rings (SSSR count). The van der Waals surface area contributed by atoms with Gasteiger partial charge in [0, 0.05) is 23.9 Å². The third-order valence-electron chi connectivity index (χ3n) is 5.80. The van der Waals surface area contributed by atoms with Crippen molar-refractivity contribution in [2.45, 2.75) is 25.3 Å². The minimum Gasteiger partial charge on any atom is -0.480 e. The number of halogens is 2. The fourth-order valence-electron chi connectivity index (χ4n) is 4.03. The number of nitrogens with zero attached hydrogens (tertiary/aromatic N) is 1. The number of nitrogens with one attached hydrogen (secondary N) is 1. The monoisotopic (exact) mass is 464 g/mol. The first-order chi connectivity index (χ1) is 16.3. The zero-order valence-corrected chi connectivity index (χ0v) is 18.1. The lowest BCUT2D eigenvalue weighted by Crippen LogP contribution is -2.40. The Kier molecular flexibility index (Phi) is 6.67. The van der Waals surface area contributed by atoms with Gasteiger partial charge in [-0.25, -0.2) is 13.6 Å². The van der Waals surface area contributed by atoms with Gasteiger partial charge in [-0.3, -0.25) is 9.59 Å². The summed E-state index contributed by atoms with van der Waals surface area (Å²) in [4.78, 5) is 37.7. The largest absolute Gasteiger partial charge is 0.480 e. The number of hydrogen-bond acceptors (Lipinski definition) is 3. The van der Waals surface area contributed by atoms with Crippen LogP contribution in [0.4, 0.5) is 14.5 Å². The predicted molar refractivity (Wildman–Crippen MR) is 122 cm³/mol. The maximum Gasteiger partial charge on any atom is 0.326 e. The zero-order chi connectivity index (χ0) is 24.2. The number of carbonyl (C=O) groups excluding carboxylic acids is 2. The third kappa shape index (κ3) is 5.11. The molecule has 0 saturated carbocycles. The number of benzene rings is 3. The van der Waals surface area contributed by atoms with Crippen LogP contribution in [0.1, 0.15) is 28.8 Å². The molecule has 174 valence electrons. The summed E-state index contributed by atoms with van der Waals surface area (Å²) in [7, 11) is 0. The van der Waals surface area contributed by atoms with Crippen LogP contribution in [0, 0.1) is 11.6 Å². The summed E-state index contributed by atoms with van der Waals surface area (Å²) in [6.07, 6.45) is 0.909. The molecule has 2 N–H and O–H groups in total. The molecule has 1 fully saturated rings. The van der Waals surface area contributed by atoms with Gasteiger partial charge in [-0.05, 0) is 59.9 Å². The topological polar surface area (TPSA) is 86.7 Å². The van der Waals surface area contributed by atoms with Gasteiger partial charge in [0.2, 0.25) is 5.91 Å². The van der Waals surface area contributed by atoms with E-state index in [9.17, 15) is 28.3 Å². The van der Waals surface area contributed by atoms with Crippen molar-refractivity contribution in [3.63, 3.8) is 0 Å². The number of carboxylic acid groups (broad SMARTS) is 1. The fraction of sp³-hybridized carbons (Fsp3) is 0.192. The van der Waals surface area contributed by atoms with E-state index in [2.05, 4.69) is 5.32 Å². The predicted octanol–water partition coefficient (Wildman–Crippen LogP) is 4.50. The Morgan fingerprint density at radius 2 is 1.59 bits per heavy atom. The van der Waals surface area contributed by atoms with Gasteiger partial charge >= 0.3 is 5.97 Å². The number of anilines is 1. The van der Waals surface area contributed by atoms with E-state index in [0.717, 1.165) is 23.3 Å². The molecule has 1 heterocycles. The molecule has 0 bridgehead atoms. The standard InChI is InChI=1S/C26H22F2N2O4/c27-20-10-7-19(22(28)15-20)14-24(31)29-21-11-8-17(9-12-21)16-3-5-18(6-4-16)25(32)30-13-1-2-23(30)26(33)34/h3-12,15,23H,1-2,13-14H2,(H,29,31)(H,33,34)/t23-/m0/s1. The highest BCUT2D eigenvalue weighted by Crippen LogP contribution is 2.25. The Bertz CT molecular complexity index is 1230. The first-order valence-corrected chi connectivity index (χ1v) is 10.8. The number of likely N-dealkylation sites (tertiary alicyclic amines) is 1. The van der Waals surface area contributed by atoms with Crippen LogP contribution in [0.25, 0.3) is 11.1 Å². The molecular formula is C26H22F2N2O4. The summed E-state index contributed by atoms with van der Waals surface area (Å²) in [6.45, 7) is 0.429. The van der Waals surface area contributed by atoms with Gasteiger partial charge in [0.25, 0.3) is 5.91 Å². The molecule has 0 aromatic heterocycles. The van der Waals surface area contributed by atoms with Crippen LogP contribution in [0.2, 0.25) is 0 Å². The fourth-order valence-corrected chi connectivity index (χ4v) is 4.03. The van der Waals surface area contributed by atoms with Crippen molar-refractivity contribution in [1.29, 1.82) is 0 Å². The van der Waals surface area contributed by atoms with Crippen LogP contribution in [-0.2, 0) is 16.0 Å². The normalized spacial score (nSPS) is 15.2. The lowest BCUT2D eigenvalue weighted by Gasteiger charge is -2.21. The molecule has 6 nitrogen and oxygen atoms in total. The third-order valence-corrected chi connectivity index (χ3v) is 5.80. The van der Waals surface area contributed by atoms with E-state index in [1.165, 1.54) is 11.0 Å². The molecule has 0 unspecified atom stereocenters. The van der Waals surface area contributed by atoms with Crippen LogP contribution >= 0.6 is 0 Å². The first kappa shape index (κ1) is 23.1. The maximum absolute atomic E-state index is 13.7. The van der Waals surface area contributed by atoms with Gasteiger partial charge in [0.05, 0.1) is 6.42 Å². The smallest absolute Gasteiger partial charge is 0.326 e. The average molecular weight is 464 g/mol. The first-order valence-electron chi connectivity index (χ1n) is 10.8. The van der Waals surface area contributed by atoms with Gasteiger partial charge in [0.15, 0.2) is 0 Å². The van der Waals surface area contributed by atoms with Gasteiger partial charge in [-0.15, -0.1) is 0 Å². The molecule has 3 aromatic carbocycles. The van der Waals surface area contributed by atoms with Gasteiger partial charge in [0.1, 0.15) is 17.7 Å². The Morgan fingerprint density at radius 3 is 2.21 bits per heavy atom. The molecule has 1 aliphatic heterocycles. The van der Waals surface area contributed by atoms with E-state index < -0.39 is 29.6 Å². The molecule has 3 aromatic rings. The summed E-state index contributed by atoms with van der Waals surface area (Å²) < 4.78 is 26.7. The van der Waals surface area contributed by atoms with Crippen molar-refractivity contribution < 1.29 is 28.3 Å². The summed E-state index contributed by atoms with van der Waals surface area (Å²) in [5, 5.41) is 12.0. The minimum absolute atomic E-state index is 0.105. The van der Waals surface area contributed by atoms with E-state index in [4.69, 9.17) is 0 Å². The maximum atomic E-state index is 13.7. The van der Waals surface area contributed by atoms with E-state index in [1.54, 1.807) is 48.5 Å². The van der Waals surface area contributed by atoms with Crippen molar-refractivity contribution in [2.75, 3.05) is 11.9 Å². The highest BCUT2D eigenvalue weighted by molar-refractivity contribution is 5.97. The summed E-state index contributed by atoms with van der Waals surface area (Å²) >= 11 is 0. The van der Waals surface area contributed by atoms with Gasteiger partial charge in [-0.1, -0.05) is 30.3 Å². The molecule has 1 aliphatic rings. The minimum atomic E-state index is -0.988. The number of aliphatic carboxylic acids is 1. The molecule has 34 heavy (non-hydrogen) atoms. The van der Waals surface area contributed by atoms with E-state index in [-0.39, 0.29) is 17.9 Å². The Balaban J connectivity index is 1.39. The van der Waals surface area contributed by atoms with Crippen LogP contribution in [0.15, 0.2) is 66.7 Å². The van der Waals surface area contributed by atoms with Crippen LogP contribution in [0.5, 0.6) is 0 Å². The Morgan fingerprint density at radius 1 is 0.941 bits per heavy atom. The van der Waals surface area contributed by atoms with Crippen molar-refractivity contribution in [1.82, 2.24) is 4.90 Å². The van der Waals surface area contributed by atoms with Gasteiger partial charge in [-0.2, -0.15) is 0 Å². The highest BCUT2D eigenvalue weighted by atomic mass is 19.1. The van der Waals surface area contributed by atoms with E-state index >= 15 is 0 Å². The summed E-state index contributed by atoms with van der Waals surface area (Å²) in [6, 6.07) is 16.2. The number of rotatable bonds is 6. The number of carboxylic acids is 1. The zero-order valence-electron chi connectivity index (χ0n) is 18.1. The molecule has 0 aliphatic carbocycles. The van der Waals surface area contributed by atoms with Crippen molar-refractivity contribution in [2.24, 2.45) is 0 Å². The lowest BCUT2D eigenvalue weighted by atomic mass is 10.0. The van der Waals surface area contributed by atoms with Crippen LogP contribution < -0.4 is 5.32 Å². The summed E-state index contributed by atoms with van der Waals surface area (Å²) in [5.41, 5.74) is 2.75. The number of carbonyl (C=O) groups is 3. The second-order valence-electron chi connectivity index (χ2n) is 8.11. The summed E-state index contributed by atoms with van der Waals surface area (Å²) in [5.74, 6) is -3.18. The van der Waals surface area contributed by atoms with E-state index in [1.807, 2.05) is 0 Å². The lowest BCUT2D eigenvalue weighted by molar-refractivity contribution is -0.141. The molecular weight excluding hydrogens is 442 g/mol. The molecule has 0 spiro atoms. The number of amides is 2. The number of hydrogen-bond donors (Lipinski definition) is 2. The van der Waals surface area contributed by atoms with Crippen molar-refractivity contribution in [3.05, 3.63) is 89.5 Å².